The summed E-state index contributed by atoms with van der Waals surface area (Å²) in [6.45, 7) is 4.98. The summed E-state index contributed by atoms with van der Waals surface area (Å²) in [5.41, 5.74) is 1.37. The van der Waals surface area contributed by atoms with Crippen LogP contribution < -0.4 is 10.2 Å². The predicted octanol–water partition coefficient (Wildman–Crippen LogP) is 4.11. The fraction of sp³-hybridized carbons (Fsp3) is 0.481. The number of alkyl halides is 3. The number of anilines is 1. The van der Waals surface area contributed by atoms with Crippen molar-refractivity contribution in [1.29, 1.82) is 0 Å². The largest absolute Gasteiger partial charge is 0.451 e. The first kappa shape index (κ1) is 28.5. The number of morpholine rings is 1. The third-order valence-corrected chi connectivity index (χ3v) is 7.76. The second kappa shape index (κ2) is 11.8. The number of halogens is 4. The van der Waals surface area contributed by atoms with Gasteiger partial charge in [0.15, 0.2) is 0 Å². The highest BCUT2D eigenvalue weighted by atomic mass is 35.5. The molecule has 9 nitrogen and oxygen atoms in total. The van der Waals surface area contributed by atoms with E-state index in [2.05, 4.69) is 27.1 Å². The van der Waals surface area contributed by atoms with Gasteiger partial charge in [0.25, 0.3) is 5.91 Å². The molecule has 1 aromatic carbocycles. The molecule has 3 unspecified atom stereocenters. The van der Waals surface area contributed by atoms with Crippen LogP contribution >= 0.6 is 11.6 Å². The zero-order chi connectivity index (χ0) is 28.4. The SMILES string of the molecule is COC1CC(C)N(c2ccc3c(C(=O)NCC(c4cnc(C(F)(F)F)nc4)N4CCOCC4)c(Cl)ccc3n2)C1. The lowest BCUT2D eigenvalue weighted by molar-refractivity contribution is -0.145. The van der Waals surface area contributed by atoms with Crippen LogP contribution in [-0.4, -0.2) is 84.4 Å². The van der Waals surface area contributed by atoms with Crippen LogP contribution in [0.15, 0.2) is 36.7 Å². The van der Waals surface area contributed by atoms with Crippen LogP contribution in [0.25, 0.3) is 10.9 Å². The molecule has 0 saturated carbocycles. The second-order valence-corrected chi connectivity index (χ2v) is 10.4. The molecule has 2 aliphatic heterocycles. The molecule has 2 aromatic heterocycles. The van der Waals surface area contributed by atoms with Crippen molar-refractivity contribution in [2.45, 2.75) is 37.7 Å². The minimum absolute atomic E-state index is 0.107. The quantitative estimate of drug-likeness (QED) is 0.448. The minimum atomic E-state index is -4.64. The fourth-order valence-corrected chi connectivity index (χ4v) is 5.56. The number of carbonyl (C=O) groups excluding carboxylic acids is 1. The van der Waals surface area contributed by atoms with Crippen LogP contribution in [0.5, 0.6) is 0 Å². The molecule has 0 aliphatic carbocycles. The predicted molar refractivity (Wildman–Crippen MR) is 143 cm³/mol. The van der Waals surface area contributed by atoms with Gasteiger partial charge in [0.1, 0.15) is 5.82 Å². The Kier molecular flexibility index (Phi) is 8.41. The highest BCUT2D eigenvalue weighted by molar-refractivity contribution is 6.35. The van der Waals surface area contributed by atoms with Crippen LogP contribution in [0.4, 0.5) is 19.0 Å². The Morgan fingerprint density at radius 2 is 1.93 bits per heavy atom. The third-order valence-electron chi connectivity index (χ3n) is 7.45. The molecule has 3 atom stereocenters. The number of benzene rings is 1. The van der Waals surface area contributed by atoms with E-state index in [0.29, 0.717) is 42.8 Å². The van der Waals surface area contributed by atoms with Crippen LogP contribution in [0.3, 0.4) is 0 Å². The lowest BCUT2D eigenvalue weighted by atomic mass is 10.1. The van der Waals surface area contributed by atoms with E-state index in [1.165, 1.54) is 0 Å². The Labute approximate surface area is 234 Å². The van der Waals surface area contributed by atoms with E-state index in [0.717, 1.165) is 31.2 Å². The van der Waals surface area contributed by atoms with Gasteiger partial charge in [-0.05, 0) is 37.6 Å². The molecule has 5 rings (SSSR count). The summed E-state index contributed by atoms with van der Waals surface area (Å²) in [5, 5.41) is 3.80. The highest BCUT2D eigenvalue weighted by Crippen LogP contribution is 2.31. The average Bonchev–Trinajstić information content (AvgIpc) is 3.33. The molecule has 2 aliphatic rings. The van der Waals surface area contributed by atoms with Crippen molar-refractivity contribution in [3.63, 3.8) is 0 Å². The van der Waals surface area contributed by atoms with Crippen LogP contribution in [-0.2, 0) is 15.7 Å². The number of ether oxygens (including phenoxy) is 2. The zero-order valence-corrected chi connectivity index (χ0v) is 22.9. The first-order valence-electron chi connectivity index (χ1n) is 13.0. The second-order valence-electron chi connectivity index (χ2n) is 9.97. The first-order valence-corrected chi connectivity index (χ1v) is 13.4. The number of rotatable bonds is 7. The third kappa shape index (κ3) is 5.99. The van der Waals surface area contributed by atoms with Crippen molar-refractivity contribution in [2.24, 2.45) is 0 Å². The van der Waals surface area contributed by atoms with Crippen molar-refractivity contribution in [2.75, 3.05) is 51.4 Å². The lowest BCUT2D eigenvalue weighted by Crippen LogP contribution is -2.44. The molecule has 214 valence electrons. The van der Waals surface area contributed by atoms with Crippen molar-refractivity contribution >= 4 is 34.2 Å². The van der Waals surface area contributed by atoms with Gasteiger partial charge >= 0.3 is 6.18 Å². The Hall–Kier alpha value is -3.06. The standard InChI is InChI=1S/C27H30ClF3N6O3/c1-16-11-18(39-2)15-37(16)23-6-3-19-21(35-23)5-4-20(28)24(19)25(38)32-14-22(36-7-9-40-10-8-36)17-12-33-26(34-13-17)27(29,30)31/h3-6,12-13,16,18,22H,7-11,14-15H2,1-2H3,(H,32,38). The Morgan fingerprint density at radius 3 is 2.58 bits per heavy atom. The number of methoxy groups -OCH3 is 1. The number of amides is 1. The summed E-state index contributed by atoms with van der Waals surface area (Å²) in [7, 11) is 1.70. The lowest BCUT2D eigenvalue weighted by Gasteiger charge is -2.34. The van der Waals surface area contributed by atoms with Gasteiger partial charge in [-0.3, -0.25) is 9.69 Å². The number of carbonyl (C=O) groups is 1. The molecule has 2 saturated heterocycles. The number of pyridine rings is 1. The van der Waals surface area contributed by atoms with Gasteiger partial charge in [0, 0.05) is 62.7 Å². The van der Waals surface area contributed by atoms with E-state index >= 15 is 0 Å². The van der Waals surface area contributed by atoms with Gasteiger partial charge in [-0.15, -0.1) is 0 Å². The van der Waals surface area contributed by atoms with Gasteiger partial charge in [-0.2, -0.15) is 13.2 Å². The van der Waals surface area contributed by atoms with E-state index in [1.54, 1.807) is 19.2 Å². The maximum atomic E-state index is 13.5. The molecule has 2 fully saturated rings. The van der Waals surface area contributed by atoms with Crippen molar-refractivity contribution in [3.8, 4) is 0 Å². The minimum Gasteiger partial charge on any atom is -0.380 e. The van der Waals surface area contributed by atoms with Crippen molar-refractivity contribution in [3.05, 3.63) is 58.6 Å². The molecule has 40 heavy (non-hydrogen) atoms. The van der Waals surface area contributed by atoms with Crippen LogP contribution in [0.2, 0.25) is 5.02 Å². The Bertz CT molecular complexity index is 1350. The topological polar surface area (TPSA) is 92.7 Å². The van der Waals surface area contributed by atoms with Gasteiger partial charge in [0.2, 0.25) is 5.82 Å². The summed E-state index contributed by atoms with van der Waals surface area (Å²) in [5.74, 6) is -0.829. The molecular weight excluding hydrogens is 549 g/mol. The maximum Gasteiger partial charge on any atom is 0.451 e. The number of nitrogens with zero attached hydrogens (tertiary/aromatic N) is 5. The summed E-state index contributed by atoms with van der Waals surface area (Å²) < 4.78 is 50.0. The van der Waals surface area contributed by atoms with E-state index in [4.69, 9.17) is 26.1 Å². The fourth-order valence-electron chi connectivity index (χ4n) is 5.31. The normalized spacial score (nSPS) is 21.1. The summed E-state index contributed by atoms with van der Waals surface area (Å²) in [6, 6.07) is 6.94. The summed E-state index contributed by atoms with van der Waals surface area (Å²) in [4.78, 5) is 29.5. The molecule has 4 heterocycles. The summed E-state index contributed by atoms with van der Waals surface area (Å²) in [6.07, 6.45) is -1.29. The van der Waals surface area contributed by atoms with Crippen molar-refractivity contribution in [1.82, 2.24) is 25.2 Å². The molecule has 13 heteroatoms. The number of fused-ring (bicyclic) bond motifs is 1. The Balaban J connectivity index is 1.38. The maximum absolute atomic E-state index is 13.5. The smallest absolute Gasteiger partial charge is 0.380 e. The molecule has 3 aromatic rings. The average molecular weight is 579 g/mol. The highest BCUT2D eigenvalue weighted by Gasteiger charge is 2.35. The first-order chi connectivity index (χ1) is 19.2. The zero-order valence-electron chi connectivity index (χ0n) is 22.1. The summed E-state index contributed by atoms with van der Waals surface area (Å²) >= 11 is 6.50. The van der Waals surface area contributed by atoms with Crippen LogP contribution in [0.1, 0.15) is 41.1 Å². The van der Waals surface area contributed by atoms with Gasteiger partial charge in [-0.1, -0.05) is 11.6 Å². The van der Waals surface area contributed by atoms with Gasteiger partial charge in [0.05, 0.1) is 41.5 Å². The number of hydrogen-bond donors (Lipinski definition) is 1. The number of aromatic nitrogens is 3. The van der Waals surface area contributed by atoms with Crippen molar-refractivity contribution < 1.29 is 27.4 Å². The van der Waals surface area contributed by atoms with E-state index in [-0.39, 0.29) is 29.3 Å². The monoisotopic (exact) mass is 578 g/mol. The molecule has 1 N–H and O–H groups in total. The van der Waals surface area contributed by atoms with Gasteiger partial charge in [-0.25, -0.2) is 15.0 Å². The molecule has 1 amide bonds. The molecule has 0 spiro atoms. The Morgan fingerprint density at radius 1 is 1.20 bits per heavy atom. The molecule has 0 radical (unpaired) electrons. The molecule has 0 bridgehead atoms. The molecular formula is C27H30ClF3N6O3. The van der Waals surface area contributed by atoms with E-state index in [9.17, 15) is 18.0 Å². The number of hydrogen-bond acceptors (Lipinski definition) is 8. The number of nitrogens with one attached hydrogen (secondary N) is 1. The van der Waals surface area contributed by atoms with Gasteiger partial charge < -0.3 is 19.7 Å². The van der Waals surface area contributed by atoms with E-state index < -0.39 is 23.9 Å². The van der Waals surface area contributed by atoms with E-state index in [1.807, 2.05) is 17.0 Å². The van der Waals surface area contributed by atoms with Crippen LogP contribution in [0, 0.1) is 0 Å².